The van der Waals surface area contributed by atoms with Crippen molar-refractivity contribution in [1.82, 2.24) is 0 Å². The van der Waals surface area contributed by atoms with Gasteiger partial charge >= 0.3 is 5.97 Å². The Morgan fingerprint density at radius 1 is 1.05 bits per heavy atom. The Balaban J connectivity index is 2.60. The number of halogens is 2. The smallest absolute Gasteiger partial charge is 0.336 e. The average Bonchev–Trinajstić information content (AvgIpc) is 2.41. The molecular weight excluding hydrogens is 315 g/mol. The molecule has 6 heteroatoms. The van der Waals surface area contributed by atoms with Gasteiger partial charge in [-0.05, 0) is 36.4 Å². The summed E-state index contributed by atoms with van der Waals surface area (Å²) in [5.41, 5.74) is 0.355. The summed E-state index contributed by atoms with van der Waals surface area (Å²) in [5, 5.41) is 28.9. The third kappa shape index (κ3) is 3.48. The maximum atomic E-state index is 11.4. The fraction of sp³-hybridized carbons (Fsp3) is 0. The Bertz CT molecular complexity index is 738. The first-order chi connectivity index (χ1) is 9.88. The highest BCUT2D eigenvalue weighted by molar-refractivity contribution is 6.37. The van der Waals surface area contributed by atoms with Crippen LogP contribution in [0.4, 0.5) is 0 Å². The van der Waals surface area contributed by atoms with E-state index in [1.54, 1.807) is 6.07 Å². The molecule has 21 heavy (non-hydrogen) atoms. The molecule has 108 valence electrons. The van der Waals surface area contributed by atoms with E-state index in [2.05, 4.69) is 0 Å². The highest BCUT2D eigenvalue weighted by atomic mass is 35.5. The molecule has 0 radical (unpaired) electrons. The number of hydrogen-bond donors (Lipinski definition) is 3. The summed E-state index contributed by atoms with van der Waals surface area (Å²) in [4.78, 5) is 11.4. The van der Waals surface area contributed by atoms with Crippen molar-refractivity contribution in [2.24, 2.45) is 0 Å². The van der Waals surface area contributed by atoms with Crippen molar-refractivity contribution >= 4 is 40.8 Å². The standard InChI is InChI=1S/C15H10Cl2O4/c16-9-2-4-13(17)11(6-9)12(15(20)21)5-8-1-3-10(18)7-14(8)19/h1-7,18-19H,(H,20,21)/b12-5-. The minimum absolute atomic E-state index is 0.122. The lowest BCUT2D eigenvalue weighted by Crippen LogP contribution is -2.00. The summed E-state index contributed by atoms with van der Waals surface area (Å²) >= 11 is 11.9. The van der Waals surface area contributed by atoms with Crippen molar-refractivity contribution < 1.29 is 20.1 Å². The first kappa shape index (κ1) is 15.2. The SMILES string of the molecule is O=C(O)/C(=C\c1ccc(O)cc1O)c1cc(Cl)ccc1Cl. The van der Waals surface area contributed by atoms with Crippen LogP contribution in [0.1, 0.15) is 11.1 Å². The minimum atomic E-state index is -1.22. The Kier molecular flexibility index (Phi) is 4.40. The number of phenolic OH excluding ortho intramolecular Hbond substituents is 2. The van der Waals surface area contributed by atoms with Crippen LogP contribution in [-0.2, 0) is 4.79 Å². The van der Waals surface area contributed by atoms with E-state index in [4.69, 9.17) is 23.2 Å². The Hall–Kier alpha value is -2.17. The van der Waals surface area contributed by atoms with Gasteiger partial charge in [-0.25, -0.2) is 4.79 Å². The number of carbonyl (C=O) groups is 1. The van der Waals surface area contributed by atoms with Gasteiger partial charge in [0.25, 0.3) is 0 Å². The number of phenols is 2. The molecule has 0 aromatic heterocycles. The van der Waals surface area contributed by atoms with Crippen LogP contribution < -0.4 is 0 Å². The molecule has 2 aromatic rings. The Labute approximate surface area is 130 Å². The van der Waals surface area contributed by atoms with Crippen LogP contribution in [0.15, 0.2) is 36.4 Å². The number of carboxylic acid groups (broad SMARTS) is 1. The van der Waals surface area contributed by atoms with E-state index in [1.807, 2.05) is 0 Å². The van der Waals surface area contributed by atoms with Crippen LogP contribution >= 0.6 is 23.2 Å². The van der Waals surface area contributed by atoms with E-state index >= 15 is 0 Å². The number of carboxylic acids is 1. The third-order valence-electron chi connectivity index (χ3n) is 2.76. The van der Waals surface area contributed by atoms with Crippen molar-refractivity contribution in [2.75, 3.05) is 0 Å². The molecule has 0 amide bonds. The highest BCUT2D eigenvalue weighted by Gasteiger charge is 2.15. The van der Waals surface area contributed by atoms with E-state index < -0.39 is 5.97 Å². The van der Waals surface area contributed by atoms with Crippen LogP contribution in [0.2, 0.25) is 10.0 Å². The fourth-order valence-electron chi connectivity index (χ4n) is 1.77. The zero-order chi connectivity index (χ0) is 15.6. The Morgan fingerprint density at radius 2 is 1.76 bits per heavy atom. The van der Waals surface area contributed by atoms with Crippen LogP contribution in [0.25, 0.3) is 11.6 Å². The predicted octanol–water partition coefficient (Wildman–Crippen LogP) is 4.03. The topological polar surface area (TPSA) is 77.8 Å². The summed E-state index contributed by atoms with van der Waals surface area (Å²) < 4.78 is 0. The quantitative estimate of drug-likeness (QED) is 0.588. The number of rotatable bonds is 3. The van der Waals surface area contributed by atoms with E-state index in [0.717, 1.165) is 6.07 Å². The zero-order valence-electron chi connectivity index (χ0n) is 10.5. The first-order valence-electron chi connectivity index (χ1n) is 5.81. The van der Waals surface area contributed by atoms with E-state index in [0.29, 0.717) is 5.02 Å². The zero-order valence-corrected chi connectivity index (χ0v) is 12.1. The molecule has 0 spiro atoms. The summed E-state index contributed by atoms with van der Waals surface area (Å²) in [6.45, 7) is 0. The van der Waals surface area contributed by atoms with Gasteiger partial charge in [-0.1, -0.05) is 23.2 Å². The second-order valence-electron chi connectivity index (χ2n) is 4.23. The number of aliphatic carboxylic acids is 1. The third-order valence-corrected chi connectivity index (χ3v) is 3.33. The van der Waals surface area contributed by atoms with Gasteiger partial charge in [0, 0.05) is 27.2 Å². The van der Waals surface area contributed by atoms with Crippen LogP contribution in [0.3, 0.4) is 0 Å². The number of hydrogen-bond acceptors (Lipinski definition) is 3. The number of benzene rings is 2. The first-order valence-corrected chi connectivity index (χ1v) is 6.56. The van der Waals surface area contributed by atoms with Gasteiger partial charge < -0.3 is 15.3 Å². The molecule has 2 rings (SSSR count). The molecule has 0 aliphatic carbocycles. The number of aromatic hydroxyl groups is 2. The van der Waals surface area contributed by atoms with Crippen molar-refractivity contribution in [3.05, 3.63) is 57.6 Å². The largest absolute Gasteiger partial charge is 0.508 e. The molecule has 0 heterocycles. The van der Waals surface area contributed by atoms with Gasteiger partial charge in [0.15, 0.2) is 0 Å². The molecule has 0 aliphatic rings. The molecule has 0 fully saturated rings. The van der Waals surface area contributed by atoms with Crippen molar-refractivity contribution in [3.8, 4) is 11.5 Å². The van der Waals surface area contributed by atoms with Crippen molar-refractivity contribution in [1.29, 1.82) is 0 Å². The van der Waals surface area contributed by atoms with Crippen LogP contribution in [0.5, 0.6) is 11.5 Å². The minimum Gasteiger partial charge on any atom is -0.508 e. The van der Waals surface area contributed by atoms with Gasteiger partial charge in [-0.3, -0.25) is 0 Å². The van der Waals surface area contributed by atoms with Gasteiger partial charge in [0.1, 0.15) is 11.5 Å². The molecule has 0 aliphatic heterocycles. The van der Waals surface area contributed by atoms with E-state index in [-0.39, 0.29) is 33.2 Å². The monoisotopic (exact) mass is 324 g/mol. The summed E-state index contributed by atoms with van der Waals surface area (Å²) in [5.74, 6) is -1.58. The predicted molar refractivity (Wildman–Crippen MR) is 81.7 cm³/mol. The van der Waals surface area contributed by atoms with Gasteiger partial charge in [0.2, 0.25) is 0 Å². The molecule has 4 nitrogen and oxygen atoms in total. The van der Waals surface area contributed by atoms with Crippen molar-refractivity contribution in [2.45, 2.75) is 0 Å². The van der Waals surface area contributed by atoms with Crippen LogP contribution in [0, 0.1) is 0 Å². The maximum Gasteiger partial charge on any atom is 0.336 e. The molecule has 0 unspecified atom stereocenters. The van der Waals surface area contributed by atoms with E-state index in [1.165, 1.54) is 30.3 Å². The molecule has 0 saturated heterocycles. The summed E-state index contributed by atoms with van der Waals surface area (Å²) in [6, 6.07) is 8.32. The summed E-state index contributed by atoms with van der Waals surface area (Å²) in [7, 11) is 0. The molecule has 0 saturated carbocycles. The van der Waals surface area contributed by atoms with Gasteiger partial charge in [-0.2, -0.15) is 0 Å². The lowest BCUT2D eigenvalue weighted by Gasteiger charge is -2.07. The average molecular weight is 325 g/mol. The van der Waals surface area contributed by atoms with Gasteiger partial charge in [-0.15, -0.1) is 0 Å². The van der Waals surface area contributed by atoms with Crippen LogP contribution in [-0.4, -0.2) is 21.3 Å². The molecule has 3 N–H and O–H groups in total. The van der Waals surface area contributed by atoms with Crippen molar-refractivity contribution in [3.63, 3.8) is 0 Å². The van der Waals surface area contributed by atoms with Gasteiger partial charge in [0.05, 0.1) is 5.57 Å². The lowest BCUT2D eigenvalue weighted by atomic mass is 10.0. The normalized spacial score (nSPS) is 11.4. The molecule has 0 bridgehead atoms. The second kappa shape index (κ2) is 6.08. The fourth-order valence-corrected chi connectivity index (χ4v) is 2.16. The Morgan fingerprint density at radius 3 is 2.38 bits per heavy atom. The second-order valence-corrected chi connectivity index (χ2v) is 5.07. The molecular formula is C15H10Cl2O4. The summed E-state index contributed by atoms with van der Waals surface area (Å²) in [6.07, 6.45) is 1.26. The van der Waals surface area contributed by atoms with E-state index in [9.17, 15) is 20.1 Å². The maximum absolute atomic E-state index is 11.4. The highest BCUT2D eigenvalue weighted by Crippen LogP contribution is 2.31. The molecule has 2 aromatic carbocycles. The lowest BCUT2D eigenvalue weighted by molar-refractivity contribution is -0.130. The molecule has 0 atom stereocenters.